The topological polar surface area (TPSA) is 45.7 Å². The fourth-order valence-corrected chi connectivity index (χ4v) is 4.17. The van der Waals surface area contributed by atoms with Crippen molar-refractivity contribution in [2.24, 2.45) is 0 Å². The second kappa shape index (κ2) is 9.78. The van der Waals surface area contributed by atoms with Crippen molar-refractivity contribution in [3.05, 3.63) is 76.7 Å². The van der Waals surface area contributed by atoms with Gasteiger partial charge in [-0.1, -0.05) is 48.5 Å². The van der Waals surface area contributed by atoms with Gasteiger partial charge in [0, 0.05) is 43.3 Å². The van der Waals surface area contributed by atoms with E-state index in [2.05, 4.69) is 9.88 Å². The normalized spacial score (nSPS) is 14.6. The van der Waals surface area contributed by atoms with E-state index in [-0.39, 0.29) is 5.91 Å². The van der Waals surface area contributed by atoms with E-state index in [4.69, 9.17) is 4.74 Å². The van der Waals surface area contributed by atoms with Crippen molar-refractivity contribution < 1.29 is 9.53 Å². The smallest absolute Gasteiger partial charge is 0.254 e. The van der Waals surface area contributed by atoms with Crippen LogP contribution in [0, 0.1) is 0 Å². The molecule has 1 aliphatic rings. The number of hydrogen-bond donors (Lipinski definition) is 0. The van der Waals surface area contributed by atoms with Crippen LogP contribution >= 0.6 is 11.3 Å². The van der Waals surface area contributed by atoms with Crippen molar-refractivity contribution in [2.45, 2.75) is 6.54 Å². The average Bonchev–Trinajstić information content (AvgIpc) is 3.31. The lowest BCUT2D eigenvalue weighted by Crippen LogP contribution is -2.43. The molecule has 1 aliphatic heterocycles. The zero-order chi connectivity index (χ0) is 19.9. The number of rotatable bonds is 7. The van der Waals surface area contributed by atoms with Crippen LogP contribution in [0.1, 0.15) is 15.4 Å². The van der Waals surface area contributed by atoms with E-state index >= 15 is 0 Å². The highest BCUT2D eigenvalue weighted by Crippen LogP contribution is 2.25. The monoisotopic (exact) mass is 407 g/mol. The predicted molar refractivity (Wildman–Crippen MR) is 116 cm³/mol. The molecule has 0 saturated carbocycles. The zero-order valence-corrected chi connectivity index (χ0v) is 17.2. The van der Waals surface area contributed by atoms with Gasteiger partial charge in [-0.2, -0.15) is 0 Å². The van der Waals surface area contributed by atoms with Gasteiger partial charge in [0.1, 0.15) is 5.01 Å². The summed E-state index contributed by atoms with van der Waals surface area (Å²) >= 11 is 1.59. The highest BCUT2D eigenvalue weighted by atomic mass is 32.1. The Morgan fingerprint density at radius 1 is 1.07 bits per heavy atom. The van der Waals surface area contributed by atoms with Gasteiger partial charge in [0.15, 0.2) is 0 Å². The van der Waals surface area contributed by atoms with Crippen LogP contribution in [0.5, 0.6) is 0 Å². The first-order valence-corrected chi connectivity index (χ1v) is 10.8. The lowest BCUT2D eigenvalue weighted by molar-refractivity contribution is 0.0320. The number of ether oxygens (including phenoxy) is 1. The minimum Gasteiger partial charge on any atom is -0.379 e. The zero-order valence-electron chi connectivity index (χ0n) is 16.4. The van der Waals surface area contributed by atoms with Crippen LogP contribution in [0.3, 0.4) is 0 Å². The lowest BCUT2D eigenvalue weighted by atomic mass is 9.99. The van der Waals surface area contributed by atoms with Crippen molar-refractivity contribution in [3.63, 3.8) is 0 Å². The summed E-state index contributed by atoms with van der Waals surface area (Å²) in [6.45, 7) is 5.40. The summed E-state index contributed by atoms with van der Waals surface area (Å²) in [5.41, 5.74) is 2.75. The standard InChI is InChI=1S/C23H25N3O2S/c27-23(21-9-5-4-8-20(21)19-6-2-1-3-7-19)26(18-22-24-10-17-29-22)12-11-25-13-15-28-16-14-25/h1-10,17H,11-16,18H2. The maximum Gasteiger partial charge on any atom is 0.254 e. The maximum atomic E-state index is 13.6. The summed E-state index contributed by atoms with van der Waals surface area (Å²) in [6, 6.07) is 18.0. The first-order valence-electron chi connectivity index (χ1n) is 9.93. The van der Waals surface area contributed by atoms with Crippen LogP contribution in [0.15, 0.2) is 66.2 Å². The number of morpholine rings is 1. The molecule has 0 unspecified atom stereocenters. The highest BCUT2D eigenvalue weighted by Gasteiger charge is 2.22. The average molecular weight is 408 g/mol. The third-order valence-corrected chi connectivity index (χ3v) is 5.89. The third-order valence-electron chi connectivity index (χ3n) is 5.13. The highest BCUT2D eigenvalue weighted by molar-refractivity contribution is 7.09. The van der Waals surface area contributed by atoms with E-state index in [9.17, 15) is 4.79 Å². The number of thiazole rings is 1. The van der Waals surface area contributed by atoms with Gasteiger partial charge >= 0.3 is 0 Å². The van der Waals surface area contributed by atoms with Crippen molar-refractivity contribution >= 4 is 17.2 Å². The number of aromatic nitrogens is 1. The number of benzene rings is 2. The quantitative estimate of drug-likeness (QED) is 0.598. The fraction of sp³-hybridized carbons (Fsp3) is 0.304. The summed E-state index contributed by atoms with van der Waals surface area (Å²) in [5.74, 6) is 0.0490. The van der Waals surface area contributed by atoms with Crippen molar-refractivity contribution in [2.75, 3.05) is 39.4 Å². The first kappa shape index (κ1) is 19.8. The number of nitrogens with zero attached hydrogens (tertiary/aromatic N) is 3. The molecular formula is C23H25N3O2S. The molecule has 1 saturated heterocycles. The summed E-state index contributed by atoms with van der Waals surface area (Å²) in [7, 11) is 0. The third kappa shape index (κ3) is 5.09. The van der Waals surface area contributed by atoms with Gasteiger partial charge in [-0.25, -0.2) is 4.98 Å². The summed E-state index contributed by atoms with van der Waals surface area (Å²) in [6.07, 6.45) is 1.79. The molecule has 0 N–H and O–H groups in total. The Morgan fingerprint density at radius 2 is 1.83 bits per heavy atom. The van der Waals surface area contributed by atoms with Crippen molar-refractivity contribution in [1.29, 1.82) is 0 Å². The number of amides is 1. The molecule has 1 fully saturated rings. The Bertz CT molecular complexity index is 909. The van der Waals surface area contributed by atoms with Crippen LogP contribution in [-0.2, 0) is 11.3 Å². The van der Waals surface area contributed by atoms with Gasteiger partial charge < -0.3 is 9.64 Å². The molecular weight excluding hydrogens is 382 g/mol. The van der Waals surface area contributed by atoms with Gasteiger partial charge in [0.25, 0.3) is 5.91 Å². The molecule has 2 heterocycles. The number of carbonyl (C=O) groups is 1. The molecule has 0 spiro atoms. The van der Waals surface area contributed by atoms with Gasteiger partial charge in [0.2, 0.25) is 0 Å². The fourth-order valence-electron chi connectivity index (χ4n) is 3.54. The van der Waals surface area contributed by atoms with Crippen LogP contribution in [-0.4, -0.2) is 60.1 Å². The molecule has 150 valence electrons. The van der Waals surface area contributed by atoms with E-state index < -0.39 is 0 Å². The first-order chi connectivity index (χ1) is 14.3. The van der Waals surface area contributed by atoms with E-state index in [1.54, 1.807) is 17.5 Å². The van der Waals surface area contributed by atoms with E-state index in [1.165, 1.54) is 0 Å². The molecule has 1 aromatic heterocycles. The molecule has 0 radical (unpaired) electrons. The number of carbonyl (C=O) groups excluding carboxylic acids is 1. The Balaban J connectivity index is 1.57. The molecule has 3 aromatic rings. The molecule has 0 bridgehead atoms. The number of hydrogen-bond acceptors (Lipinski definition) is 5. The van der Waals surface area contributed by atoms with Gasteiger partial charge in [0.05, 0.1) is 19.8 Å². The Kier molecular flexibility index (Phi) is 6.67. The van der Waals surface area contributed by atoms with Gasteiger partial charge in [-0.15, -0.1) is 11.3 Å². The second-order valence-electron chi connectivity index (χ2n) is 7.02. The van der Waals surface area contributed by atoms with Crippen LogP contribution in [0.2, 0.25) is 0 Å². The van der Waals surface area contributed by atoms with E-state index in [0.717, 1.165) is 54.5 Å². The summed E-state index contributed by atoms with van der Waals surface area (Å²) < 4.78 is 5.44. The Hall–Kier alpha value is -2.54. The predicted octanol–water partition coefficient (Wildman–Crippen LogP) is 3.78. The maximum absolute atomic E-state index is 13.6. The van der Waals surface area contributed by atoms with Gasteiger partial charge in [-0.3, -0.25) is 9.69 Å². The minimum absolute atomic E-state index is 0.0490. The molecule has 0 atom stereocenters. The van der Waals surface area contributed by atoms with Crippen LogP contribution in [0.4, 0.5) is 0 Å². The SMILES string of the molecule is O=C(c1ccccc1-c1ccccc1)N(CCN1CCOCC1)Cc1nccs1. The Labute approximate surface area is 175 Å². The van der Waals surface area contributed by atoms with Crippen LogP contribution in [0.25, 0.3) is 11.1 Å². The second-order valence-corrected chi connectivity index (χ2v) is 8.00. The molecule has 29 heavy (non-hydrogen) atoms. The largest absolute Gasteiger partial charge is 0.379 e. The molecule has 6 heteroatoms. The molecule has 1 amide bonds. The molecule has 0 aliphatic carbocycles. The summed E-state index contributed by atoms with van der Waals surface area (Å²) in [4.78, 5) is 22.3. The van der Waals surface area contributed by atoms with Crippen LogP contribution < -0.4 is 0 Å². The Morgan fingerprint density at radius 3 is 2.59 bits per heavy atom. The van der Waals surface area contributed by atoms with Gasteiger partial charge in [-0.05, 0) is 17.2 Å². The van der Waals surface area contributed by atoms with Crippen molar-refractivity contribution in [3.8, 4) is 11.1 Å². The molecule has 2 aromatic carbocycles. The molecule has 5 nitrogen and oxygen atoms in total. The summed E-state index contributed by atoms with van der Waals surface area (Å²) in [5, 5.41) is 2.91. The minimum atomic E-state index is 0.0490. The lowest BCUT2D eigenvalue weighted by Gasteiger charge is -2.30. The van der Waals surface area contributed by atoms with E-state index in [0.29, 0.717) is 13.1 Å². The van der Waals surface area contributed by atoms with Crippen molar-refractivity contribution in [1.82, 2.24) is 14.8 Å². The molecule has 4 rings (SSSR count). The van der Waals surface area contributed by atoms with E-state index in [1.807, 2.05) is 64.9 Å².